The molecule has 0 aliphatic heterocycles. The second-order valence-corrected chi connectivity index (χ2v) is 5.20. The van der Waals surface area contributed by atoms with Gasteiger partial charge < -0.3 is 20.6 Å². The Balaban J connectivity index is 2.77. The fraction of sp³-hybridized carbons (Fsp3) is 0.846. The Kier molecular flexibility index (Phi) is 6.08. The van der Waals surface area contributed by atoms with E-state index in [1.807, 2.05) is 0 Å². The van der Waals surface area contributed by atoms with Crippen LogP contribution in [-0.2, 0) is 9.53 Å². The van der Waals surface area contributed by atoms with Gasteiger partial charge in [-0.1, -0.05) is 24.4 Å². The van der Waals surface area contributed by atoms with Crippen molar-refractivity contribution in [3.63, 3.8) is 0 Å². The van der Waals surface area contributed by atoms with E-state index in [2.05, 4.69) is 5.16 Å². The van der Waals surface area contributed by atoms with E-state index in [0.29, 0.717) is 26.0 Å². The molecule has 0 heterocycles. The van der Waals surface area contributed by atoms with Crippen LogP contribution in [0.25, 0.3) is 0 Å². The summed E-state index contributed by atoms with van der Waals surface area (Å²) in [6, 6.07) is 0. The molecule has 6 nitrogen and oxygen atoms in total. The molecule has 1 fully saturated rings. The summed E-state index contributed by atoms with van der Waals surface area (Å²) in [4.78, 5) is 14.3. The van der Waals surface area contributed by atoms with E-state index in [1.165, 1.54) is 0 Å². The van der Waals surface area contributed by atoms with E-state index < -0.39 is 5.41 Å². The first kappa shape index (κ1) is 15.8. The molecule has 1 saturated carbocycles. The highest BCUT2D eigenvalue weighted by Crippen LogP contribution is 2.38. The lowest BCUT2D eigenvalue weighted by molar-refractivity contribution is -0.138. The molecule has 6 heteroatoms. The molecule has 0 spiro atoms. The molecule has 0 aromatic heterocycles. The second kappa shape index (κ2) is 7.33. The molecule has 110 valence electrons. The van der Waals surface area contributed by atoms with Crippen molar-refractivity contribution in [1.82, 2.24) is 4.90 Å². The largest absolute Gasteiger partial charge is 0.409 e. The third-order valence-electron chi connectivity index (χ3n) is 3.90. The van der Waals surface area contributed by atoms with Crippen molar-refractivity contribution in [3.8, 4) is 0 Å². The highest BCUT2D eigenvalue weighted by molar-refractivity contribution is 6.06. The van der Waals surface area contributed by atoms with Gasteiger partial charge in [-0.25, -0.2) is 0 Å². The average molecular weight is 271 g/mol. The van der Waals surface area contributed by atoms with Crippen LogP contribution in [0.15, 0.2) is 5.16 Å². The predicted molar refractivity (Wildman–Crippen MR) is 73.1 cm³/mol. The minimum atomic E-state index is -0.811. The van der Waals surface area contributed by atoms with Crippen LogP contribution in [-0.4, -0.2) is 49.2 Å². The van der Waals surface area contributed by atoms with Gasteiger partial charge >= 0.3 is 0 Å². The van der Waals surface area contributed by atoms with Gasteiger partial charge in [-0.2, -0.15) is 0 Å². The Hall–Kier alpha value is -1.30. The Morgan fingerprint density at radius 3 is 2.58 bits per heavy atom. The summed E-state index contributed by atoms with van der Waals surface area (Å²) in [5.41, 5.74) is 4.99. The van der Waals surface area contributed by atoms with Crippen molar-refractivity contribution in [1.29, 1.82) is 0 Å². The number of hydrogen-bond acceptors (Lipinski definition) is 4. The lowest BCUT2D eigenvalue weighted by Crippen LogP contribution is -2.51. The quantitative estimate of drug-likeness (QED) is 0.250. The predicted octanol–water partition coefficient (Wildman–Crippen LogP) is 1.18. The monoisotopic (exact) mass is 271 g/mol. The standard InChI is InChI=1S/C13H25N3O3/c1-16(9-6-10-19-2)12(17)13(11(14)15-18)7-4-3-5-8-13/h18H,3-10H2,1-2H3,(H2,14,15). The van der Waals surface area contributed by atoms with Gasteiger partial charge in [-0.3, -0.25) is 4.79 Å². The van der Waals surface area contributed by atoms with Crippen LogP contribution >= 0.6 is 0 Å². The maximum atomic E-state index is 12.6. The number of ether oxygens (including phenoxy) is 1. The summed E-state index contributed by atoms with van der Waals surface area (Å²) in [7, 11) is 3.40. The molecule has 1 rings (SSSR count). The van der Waals surface area contributed by atoms with Crippen molar-refractivity contribution in [2.45, 2.75) is 38.5 Å². The Labute approximate surface area is 114 Å². The molecule has 3 N–H and O–H groups in total. The summed E-state index contributed by atoms with van der Waals surface area (Å²) in [5, 5.41) is 12.1. The zero-order valence-electron chi connectivity index (χ0n) is 11.9. The highest BCUT2D eigenvalue weighted by atomic mass is 16.5. The van der Waals surface area contributed by atoms with Gasteiger partial charge in [0.1, 0.15) is 5.41 Å². The molecule has 1 aliphatic rings. The molecule has 0 aromatic carbocycles. The number of oxime groups is 1. The number of methoxy groups -OCH3 is 1. The minimum absolute atomic E-state index is 0.0430. The van der Waals surface area contributed by atoms with Crippen molar-refractivity contribution in [2.24, 2.45) is 16.3 Å². The number of carbonyl (C=O) groups excluding carboxylic acids is 1. The number of nitrogens with zero attached hydrogens (tertiary/aromatic N) is 2. The Bertz CT molecular complexity index is 325. The molecule has 0 atom stereocenters. The van der Waals surface area contributed by atoms with Gasteiger partial charge in [0.15, 0.2) is 5.84 Å². The molecule has 0 bridgehead atoms. The van der Waals surface area contributed by atoms with Crippen molar-refractivity contribution < 1.29 is 14.7 Å². The first-order chi connectivity index (χ1) is 9.08. The van der Waals surface area contributed by atoms with Crippen LogP contribution in [0.2, 0.25) is 0 Å². The third kappa shape index (κ3) is 3.59. The maximum absolute atomic E-state index is 12.6. The topological polar surface area (TPSA) is 88.2 Å². The molecule has 0 unspecified atom stereocenters. The lowest BCUT2D eigenvalue weighted by Gasteiger charge is -2.37. The van der Waals surface area contributed by atoms with E-state index in [4.69, 9.17) is 15.7 Å². The first-order valence-electron chi connectivity index (χ1n) is 6.81. The molecule has 1 aliphatic carbocycles. The summed E-state index contributed by atoms with van der Waals surface area (Å²) < 4.78 is 4.98. The van der Waals surface area contributed by atoms with Crippen LogP contribution < -0.4 is 5.73 Å². The molecule has 0 saturated heterocycles. The molecule has 0 radical (unpaired) electrons. The van der Waals surface area contributed by atoms with Gasteiger partial charge in [0.2, 0.25) is 5.91 Å². The Morgan fingerprint density at radius 1 is 1.42 bits per heavy atom. The lowest BCUT2D eigenvalue weighted by atomic mass is 9.72. The molecular formula is C13H25N3O3. The highest BCUT2D eigenvalue weighted by Gasteiger charge is 2.45. The number of amides is 1. The van der Waals surface area contributed by atoms with Gasteiger partial charge in [0.05, 0.1) is 0 Å². The van der Waals surface area contributed by atoms with E-state index in [1.54, 1.807) is 19.1 Å². The summed E-state index contributed by atoms with van der Waals surface area (Å²) in [6.45, 7) is 1.24. The number of hydrogen-bond donors (Lipinski definition) is 2. The van der Waals surface area contributed by atoms with Crippen molar-refractivity contribution in [3.05, 3.63) is 0 Å². The van der Waals surface area contributed by atoms with E-state index >= 15 is 0 Å². The molecule has 1 amide bonds. The molecule has 19 heavy (non-hydrogen) atoms. The SMILES string of the molecule is COCCCN(C)C(=O)C1(C(N)=NO)CCCCC1. The van der Waals surface area contributed by atoms with Gasteiger partial charge in [0, 0.05) is 27.3 Å². The summed E-state index contributed by atoms with van der Waals surface area (Å²) >= 11 is 0. The smallest absolute Gasteiger partial charge is 0.236 e. The number of carbonyl (C=O) groups is 1. The van der Waals surface area contributed by atoms with Crippen LogP contribution in [0.4, 0.5) is 0 Å². The summed E-state index contributed by atoms with van der Waals surface area (Å²) in [6.07, 6.45) is 5.08. The third-order valence-corrected chi connectivity index (χ3v) is 3.90. The van der Waals surface area contributed by atoms with Crippen LogP contribution in [0.5, 0.6) is 0 Å². The first-order valence-corrected chi connectivity index (χ1v) is 6.81. The van der Waals surface area contributed by atoms with Gasteiger partial charge in [-0.15, -0.1) is 0 Å². The Morgan fingerprint density at radius 2 is 2.05 bits per heavy atom. The maximum Gasteiger partial charge on any atom is 0.236 e. The van der Waals surface area contributed by atoms with Crippen LogP contribution in [0.1, 0.15) is 38.5 Å². The zero-order chi connectivity index (χ0) is 14.3. The van der Waals surface area contributed by atoms with Gasteiger partial charge in [-0.05, 0) is 19.3 Å². The van der Waals surface area contributed by atoms with Crippen molar-refractivity contribution in [2.75, 3.05) is 27.3 Å². The zero-order valence-corrected chi connectivity index (χ0v) is 11.9. The number of rotatable bonds is 6. The van der Waals surface area contributed by atoms with Crippen LogP contribution in [0, 0.1) is 5.41 Å². The number of amidine groups is 1. The van der Waals surface area contributed by atoms with Crippen LogP contribution in [0.3, 0.4) is 0 Å². The van der Waals surface area contributed by atoms with Gasteiger partial charge in [0.25, 0.3) is 0 Å². The normalized spacial score (nSPS) is 19.2. The fourth-order valence-electron chi connectivity index (χ4n) is 2.74. The van der Waals surface area contributed by atoms with E-state index in [0.717, 1.165) is 25.7 Å². The van der Waals surface area contributed by atoms with E-state index in [-0.39, 0.29) is 11.7 Å². The van der Waals surface area contributed by atoms with Crippen molar-refractivity contribution >= 4 is 11.7 Å². The second-order valence-electron chi connectivity index (χ2n) is 5.20. The molecular weight excluding hydrogens is 246 g/mol. The number of nitrogens with two attached hydrogens (primary N) is 1. The van der Waals surface area contributed by atoms with E-state index in [9.17, 15) is 4.79 Å². The molecule has 0 aromatic rings. The minimum Gasteiger partial charge on any atom is -0.409 e. The fourth-order valence-corrected chi connectivity index (χ4v) is 2.74. The summed E-state index contributed by atoms with van der Waals surface area (Å²) in [5.74, 6) is 0.00870. The average Bonchev–Trinajstić information content (AvgIpc) is 2.46.